The Hall–Kier alpha value is -3.28. The third-order valence-electron chi connectivity index (χ3n) is 5.04. The van der Waals surface area contributed by atoms with E-state index in [-0.39, 0.29) is 12.2 Å². The molecular weight excluding hydrogens is 408 g/mol. The third-order valence-corrected chi connectivity index (χ3v) is 5.04. The molecule has 0 aliphatic heterocycles. The number of hydrogen-bond acceptors (Lipinski definition) is 6. The summed E-state index contributed by atoms with van der Waals surface area (Å²) < 4.78 is 22.1. The smallest absolute Gasteiger partial charge is 0.431 e. The standard InChI is InChI=1S/C26H30O6/c1-7-17-11-9-13-19-21(17)23(31-25(27)29-15(3)4)20-14-10-12-18(8-2)22(20)24(19)32-26(28)30-16(5)6/h9-16H,7-8H2,1-6H3. The average molecular weight is 439 g/mol. The van der Waals surface area contributed by atoms with E-state index in [1.54, 1.807) is 27.7 Å². The van der Waals surface area contributed by atoms with Gasteiger partial charge in [-0.25, -0.2) is 9.59 Å². The second kappa shape index (κ2) is 9.90. The van der Waals surface area contributed by atoms with Crippen molar-refractivity contribution in [1.29, 1.82) is 0 Å². The molecule has 170 valence electrons. The van der Waals surface area contributed by atoms with Gasteiger partial charge in [0.25, 0.3) is 0 Å². The van der Waals surface area contributed by atoms with Crippen molar-refractivity contribution >= 4 is 33.9 Å². The molecule has 0 radical (unpaired) electrons. The van der Waals surface area contributed by atoms with Crippen LogP contribution in [0.1, 0.15) is 52.7 Å². The van der Waals surface area contributed by atoms with Crippen LogP contribution in [0.25, 0.3) is 21.5 Å². The fourth-order valence-electron chi connectivity index (χ4n) is 3.79. The highest BCUT2D eigenvalue weighted by Gasteiger charge is 2.24. The molecule has 0 unspecified atom stereocenters. The van der Waals surface area contributed by atoms with E-state index in [4.69, 9.17) is 18.9 Å². The minimum atomic E-state index is -0.775. The van der Waals surface area contributed by atoms with E-state index in [1.165, 1.54) is 0 Å². The average Bonchev–Trinajstić information content (AvgIpc) is 2.73. The van der Waals surface area contributed by atoms with Crippen molar-refractivity contribution in [3.63, 3.8) is 0 Å². The maximum Gasteiger partial charge on any atom is 0.514 e. The SMILES string of the molecule is CCc1cccc2c(OC(=O)OC(C)C)c3c(CC)cccc3c(OC(=O)OC(C)C)c12. The summed E-state index contributed by atoms with van der Waals surface area (Å²) in [5, 5.41) is 2.77. The maximum atomic E-state index is 12.5. The van der Waals surface area contributed by atoms with Gasteiger partial charge in [-0.05, 0) is 51.7 Å². The molecule has 3 rings (SSSR count). The van der Waals surface area contributed by atoms with E-state index in [9.17, 15) is 9.59 Å². The fraction of sp³-hybridized carbons (Fsp3) is 0.385. The Kier molecular flexibility index (Phi) is 7.23. The van der Waals surface area contributed by atoms with Crippen LogP contribution in [-0.4, -0.2) is 24.5 Å². The number of aryl methyl sites for hydroxylation is 2. The summed E-state index contributed by atoms with van der Waals surface area (Å²) >= 11 is 0. The first-order valence-electron chi connectivity index (χ1n) is 11.0. The van der Waals surface area contributed by atoms with E-state index in [0.29, 0.717) is 45.9 Å². The van der Waals surface area contributed by atoms with Crippen molar-refractivity contribution in [3.8, 4) is 11.5 Å². The van der Waals surface area contributed by atoms with Crippen LogP contribution in [0.3, 0.4) is 0 Å². The highest BCUT2D eigenvalue weighted by Crippen LogP contribution is 2.46. The Bertz CT molecular complexity index is 1050. The van der Waals surface area contributed by atoms with Crippen LogP contribution < -0.4 is 9.47 Å². The first-order valence-corrected chi connectivity index (χ1v) is 11.0. The largest absolute Gasteiger partial charge is 0.514 e. The van der Waals surface area contributed by atoms with Crippen LogP contribution >= 0.6 is 0 Å². The molecule has 32 heavy (non-hydrogen) atoms. The number of hydrogen-bond donors (Lipinski definition) is 0. The van der Waals surface area contributed by atoms with E-state index < -0.39 is 12.3 Å². The van der Waals surface area contributed by atoms with Gasteiger partial charge in [-0.1, -0.05) is 50.2 Å². The molecule has 0 aromatic heterocycles. The zero-order valence-electron chi connectivity index (χ0n) is 19.5. The molecule has 0 heterocycles. The highest BCUT2D eigenvalue weighted by atomic mass is 16.7. The normalized spacial score (nSPS) is 11.2. The van der Waals surface area contributed by atoms with Crippen LogP contribution in [0, 0.1) is 0 Å². The summed E-state index contributed by atoms with van der Waals surface area (Å²) in [5.74, 6) is 0.802. The molecule has 3 aromatic rings. The predicted octanol–water partition coefficient (Wildman–Crippen LogP) is 6.97. The lowest BCUT2D eigenvalue weighted by molar-refractivity contribution is 0.0719. The van der Waals surface area contributed by atoms with Crippen LogP contribution in [0.15, 0.2) is 36.4 Å². The molecule has 0 amide bonds. The summed E-state index contributed by atoms with van der Waals surface area (Å²) in [7, 11) is 0. The summed E-state index contributed by atoms with van der Waals surface area (Å²) in [6, 6.07) is 11.5. The van der Waals surface area contributed by atoms with Crippen molar-refractivity contribution in [1.82, 2.24) is 0 Å². The topological polar surface area (TPSA) is 71.1 Å². The van der Waals surface area contributed by atoms with Gasteiger partial charge >= 0.3 is 12.3 Å². The molecule has 6 nitrogen and oxygen atoms in total. The van der Waals surface area contributed by atoms with E-state index >= 15 is 0 Å². The Morgan fingerprint density at radius 2 is 1.06 bits per heavy atom. The molecule has 0 N–H and O–H groups in total. The monoisotopic (exact) mass is 438 g/mol. The van der Waals surface area contributed by atoms with Crippen molar-refractivity contribution < 1.29 is 28.5 Å². The number of fused-ring (bicyclic) bond motifs is 2. The molecule has 3 aromatic carbocycles. The molecule has 0 aliphatic carbocycles. The molecule has 0 bridgehead atoms. The Balaban J connectivity index is 2.38. The number of carbonyl (C=O) groups is 2. The van der Waals surface area contributed by atoms with Crippen molar-refractivity contribution in [3.05, 3.63) is 47.5 Å². The maximum absolute atomic E-state index is 12.5. The number of benzene rings is 3. The Morgan fingerprint density at radius 3 is 1.38 bits per heavy atom. The van der Waals surface area contributed by atoms with E-state index in [0.717, 1.165) is 11.1 Å². The second-order valence-electron chi connectivity index (χ2n) is 8.08. The van der Waals surface area contributed by atoms with E-state index in [2.05, 4.69) is 0 Å². The van der Waals surface area contributed by atoms with Crippen molar-refractivity contribution in [2.24, 2.45) is 0 Å². The van der Waals surface area contributed by atoms with Crippen LogP contribution in [0.4, 0.5) is 9.59 Å². The molecule has 0 fully saturated rings. The quantitative estimate of drug-likeness (QED) is 0.235. The number of carbonyl (C=O) groups excluding carboxylic acids is 2. The third kappa shape index (κ3) is 4.79. The second-order valence-corrected chi connectivity index (χ2v) is 8.08. The summed E-state index contributed by atoms with van der Waals surface area (Å²) in [6.07, 6.45) is -0.786. The fourth-order valence-corrected chi connectivity index (χ4v) is 3.79. The lowest BCUT2D eigenvalue weighted by atomic mass is 9.93. The van der Waals surface area contributed by atoms with Crippen LogP contribution in [0.2, 0.25) is 0 Å². The zero-order valence-corrected chi connectivity index (χ0v) is 19.5. The number of ether oxygens (including phenoxy) is 4. The van der Waals surface area contributed by atoms with Gasteiger partial charge in [0.15, 0.2) is 11.5 Å². The molecule has 6 heteroatoms. The van der Waals surface area contributed by atoms with Gasteiger partial charge in [0.05, 0.1) is 12.2 Å². The van der Waals surface area contributed by atoms with Gasteiger partial charge in [0.2, 0.25) is 0 Å². The van der Waals surface area contributed by atoms with Crippen LogP contribution in [-0.2, 0) is 22.3 Å². The first-order chi connectivity index (χ1) is 15.3. The lowest BCUT2D eigenvalue weighted by Crippen LogP contribution is -2.17. The summed E-state index contributed by atoms with van der Waals surface area (Å²) in [4.78, 5) is 25.0. The summed E-state index contributed by atoms with van der Waals surface area (Å²) in [6.45, 7) is 11.1. The number of rotatable bonds is 6. The first kappa shape index (κ1) is 23.4. The minimum Gasteiger partial charge on any atom is -0.431 e. The van der Waals surface area contributed by atoms with Gasteiger partial charge in [-0.2, -0.15) is 0 Å². The predicted molar refractivity (Wildman–Crippen MR) is 125 cm³/mol. The molecular formula is C26H30O6. The van der Waals surface area contributed by atoms with Crippen LogP contribution in [0.5, 0.6) is 11.5 Å². The zero-order chi connectivity index (χ0) is 23.4. The molecule has 0 atom stereocenters. The Labute approximate surface area is 188 Å². The molecule has 0 saturated carbocycles. The van der Waals surface area contributed by atoms with Gasteiger partial charge in [0, 0.05) is 21.5 Å². The van der Waals surface area contributed by atoms with E-state index in [1.807, 2.05) is 50.2 Å². The minimum absolute atomic E-state index is 0.315. The van der Waals surface area contributed by atoms with Gasteiger partial charge < -0.3 is 18.9 Å². The van der Waals surface area contributed by atoms with Gasteiger partial charge in [0.1, 0.15) is 0 Å². The Morgan fingerprint density at radius 1 is 0.688 bits per heavy atom. The highest BCUT2D eigenvalue weighted by molar-refractivity contribution is 6.14. The van der Waals surface area contributed by atoms with Crippen molar-refractivity contribution in [2.45, 2.75) is 66.6 Å². The van der Waals surface area contributed by atoms with Crippen molar-refractivity contribution in [2.75, 3.05) is 0 Å². The molecule has 0 spiro atoms. The lowest BCUT2D eigenvalue weighted by Gasteiger charge is -2.20. The summed E-state index contributed by atoms with van der Waals surface area (Å²) in [5.41, 5.74) is 1.92. The molecule has 0 saturated heterocycles. The van der Waals surface area contributed by atoms with Gasteiger partial charge in [-0.15, -0.1) is 0 Å². The molecule has 0 aliphatic rings. The van der Waals surface area contributed by atoms with Gasteiger partial charge in [-0.3, -0.25) is 0 Å².